The van der Waals surface area contributed by atoms with Gasteiger partial charge in [0.2, 0.25) is 0 Å². The Kier molecular flexibility index (Phi) is 4.08. The molecule has 1 aromatic rings. The first-order chi connectivity index (χ1) is 8.28. The zero-order valence-corrected chi connectivity index (χ0v) is 9.75. The molecule has 0 unspecified atom stereocenters. The molecule has 90 valence electrons. The molecule has 0 saturated carbocycles. The molecule has 1 N–H and O–H groups in total. The van der Waals surface area contributed by atoms with Crippen LogP contribution in [0.25, 0.3) is 0 Å². The van der Waals surface area contributed by atoms with Gasteiger partial charge in [0.05, 0.1) is 11.6 Å². The first-order valence-electron chi connectivity index (χ1n) is 5.90. The Labute approximate surface area is 101 Å². The van der Waals surface area contributed by atoms with E-state index < -0.39 is 0 Å². The molecule has 1 heterocycles. The van der Waals surface area contributed by atoms with Crippen molar-refractivity contribution in [3.05, 3.63) is 35.1 Å². The Morgan fingerprint density at radius 3 is 3.00 bits per heavy atom. The van der Waals surface area contributed by atoms with Gasteiger partial charge in [0.25, 0.3) is 0 Å². The summed E-state index contributed by atoms with van der Waals surface area (Å²) in [6.45, 7) is 4.72. The van der Waals surface area contributed by atoms with Crippen LogP contribution in [0.3, 0.4) is 0 Å². The van der Waals surface area contributed by atoms with Crippen molar-refractivity contribution >= 4 is 0 Å². The summed E-state index contributed by atoms with van der Waals surface area (Å²) in [7, 11) is 0. The number of hydrogen-bond acceptors (Lipinski definition) is 3. The van der Waals surface area contributed by atoms with E-state index in [2.05, 4.69) is 10.2 Å². The molecule has 0 atom stereocenters. The molecule has 0 aromatic heterocycles. The number of rotatable bonds is 2. The molecule has 4 heteroatoms. The fourth-order valence-electron chi connectivity index (χ4n) is 2.12. The lowest BCUT2D eigenvalue weighted by Gasteiger charge is -2.19. The zero-order valence-electron chi connectivity index (χ0n) is 9.75. The molecule has 0 bridgehead atoms. The highest BCUT2D eigenvalue weighted by Gasteiger charge is 2.10. The van der Waals surface area contributed by atoms with Crippen molar-refractivity contribution in [1.82, 2.24) is 10.2 Å². The minimum absolute atomic E-state index is 0.327. The van der Waals surface area contributed by atoms with Crippen molar-refractivity contribution in [3.8, 4) is 6.07 Å². The molecule has 1 fully saturated rings. The maximum Gasteiger partial charge on any atom is 0.124 e. The van der Waals surface area contributed by atoms with Crippen LogP contribution < -0.4 is 5.32 Å². The average molecular weight is 233 g/mol. The summed E-state index contributed by atoms with van der Waals surface area (Å²) < 4.78 is 13.3. The summed E-state index contributed by atoms with van der Waals surface area (Å²) in [4.78, 5) is 2.29. The van der Waals surface area contributed by atoms with Gasteiger partial charge in [-0.3, -0.25) is 4.90 Å². The van der Waals surface area contributed by atoms with E-state index in [9.17, 15) is 4.39 Å². The molecular formula is C13H16FN3. The summed E-state index contributed by atoms with van der Waals surface area (Å²) in [5.41, 5.74) is 1.27. The van der Waals surface area contributed by atoms with E-state index >= 15 is 0 Å². The van der Waals surface area contributed by atoms with Crippen molar-refractivity contribution in [1.29, 1.82) is 5.26 Å². The minimum Gasteiger partial charge on any atom is -0.315 e. The SMILES string of the molecule is N#Cc1cc(F)cc(CN2CCCNCC2)c1. The summed E-state index contributed by atoms with van der Waals surface area (Å²) in [5, 5.41) is 12.1. The lowest BCUT2D eigenvalue weighted by Crippen LogP contribution is -2.27. The summed E-state index contributed by atoms with van der Waals surface area (Å²) in [6.07, 6.45) is 1.11. The number of benzene rings is 1. The predicted molar refractivity (Wildman–Crippen MR) is 63.9 cm³/mol. The van der Waals surface area contributed by atoms with Crippen LogP contribution in [0.2, 0.25) is 0 Å². The van der Waals surface area contributed by atoms with Gasteiger partial charge in [-0.1, -0.05) is 0 Å². The smallest absolute Gasteiger partial charge is 0.124 e. The van der Waals surface area contributed by atoms with Crippen LogP contribution >= 0.6 is 0 Å². The molecule has 0 amide bonds. The van der Waals surface area contributed by atoms with E-state index in [1.165, 1.54) is 12.1 Å². The van der Waals surface area contributed by atoms with Crippen molar-refractivity contribution in [2.45, 2.75) is 13.0 Å². The Balaban J connectivity index is 2.06. The first-order valence-corrected chi connectivity index (χ1v) is 5.90. The van der Waals surface area contributed by atoms with Crippen LogP contribution in [0.4, 0.5) is 4.39 Å². The van der Waals surface area contributed by atoms with Gasteiger partial charge < -0.3 is 5.32 Å². The molecule has 17 heavy (non-hydrogen) atoms. The monoisotopic (exact) mass is 233 g/mol. The molecule has 1 aliphatic heterocycles. The summed E-state index contributed by atoms with van der Waals surface area (Å²) in [5.74, 6) is -0.327. The molecule has 1 saturated heterocycles. The Hall–Kier alpha value is -1.44. The van der Waals surface area contributed by atoms with Gasteiger partial charge in [-0.15, -0.1) is 0 Å². The molecular weight excluding hydrogens is 217 g/mol. The van der Waals surface area contributed by atoms with Crippen LogP contribution in [0.1, 0.15) is 17.5 Å². The Morgan fingerprint density at radius 1 is 1.29 bits per heavy atom. The van der Waals surface area contributed by atoms with Crippen LogP contribution in [0, 0.1) is 17.1 Å². The van der Waals surface area contributed by atoms with Crippen LogP contribution in [0.5, 0.6) is 0 Å². The van der Waals surface area contributed by atoms with E-state index in [1.807, 2.05) is 6.07 Å². The quantitative estimate of drug-likeness (QED) is 0.841. The van der Waals surface area contributed by atoms with Gasteiger partial charge in [0, 0.05) is 19.6 Å². The molecule has 1 aromatic carbocycles. The average Bonchev–Trinajstić information content (AvgIpc) is 2.57. The second-order valence-electron chi connectivity index (χ2n) is 4.34. The summed E-state index contributed by atoms with van der Waals surface area (Å²) in [6, 6.07) is 6.54. The van der Waals surface area contributed by atoms with E-state index in [0.717, 1.165) is 38.2 Å². The van der Waals surface area contributed by atoms with E-state index in [0.29, 0.717) is 12.1 Å². The fraction of sp³-hybridized carbons (Fsp3) is 0.462. The second-order valence-corrected chi connectivity index (χ2v) is 4.34. The largest absolute Gasteiger partial charge is 0.315 e. The van der Waals surface area contributed by atoms with Gasteiger partial charge in [0.15, 0.2) is 0 Å². The zero-order chi connectivity index (χ0) is 12.1. The molecule has 2 rings (SSSR count). The third-order valence-electron chi connectivity index (χ3n) is 2.93. The predicted octanol–water partition coefficient (Wildman–Crippen LogP) is 1.49. The van der Waals surface area contributed by atoms with Gasteiger partial charge in [-0.05, 0) is 43.3 Å². The Bertz CT molecular complexity index is 417. The number of nitrogens with zero attached hydrogens (tertiary/aromatic N) is 2. The second kappa shape index (κ2) is 5.76. The van der Waals surface area contributed by atoms with Crippen LogP contribution in [0.15, 0.2) is 18.2 Å². The summed E-state index contributed by atoms with van der Waals surface area (Å²) >= 11 is 0. The number of nitriles is 1. The standard InChI is InChI=1S/C13H16FN3/c14-13-7-11(9-15)6-12(8-13)10-17-4-1-2-16-3-5-17/h6-8,16H,1-5,10H2. The lowest BCUT2D eigenvalue weighted by molar-refractivity contribution is 0.284. The minimum atomic E-state index is -0.327. The van der Waals surface area contributed by atoms with E-state index in [4.69, 9.17) is 5.26 Å². The van der Waals surface area contributed by atoms with Gasteiger partial charge in [0.1, 0.15) is 5.82 Å². The molecule has 0 spiro atoms. The lowest BCUT2D eigenvalue weighted by atomic mass is 10.1. The van der Waals surface area contributed by atoms with Gasteiger partial charge in [-0.25, -0.2) is 4.39 Å². The topological polar surface area (TPSA) is 39.1 Å². The van der Waals surface area contributed by atoms with Crippen molar-refractivity contribution in [3.63, 3.8) is 0 Å². The maximum absolute atomic E-state index is 13.3. The van der Waals surface area contributed by atoms with E-state index in [1.54, 1.807) is 6.07 Å². The number of nitrogens with one attached hydrogen (secondary N) is 1. The highest BCUT2D eigenvalue weighted by Crippen LogP contribution is 2.11. The normalized spacial score (nSPS) is 17.4. The number of halogens is 1. The van der Waals surface area contributed by atoms with Gasteiger partial charge >= 0.3 is 0 Å². The molecule has 0 aliphatic carbocycles. The number of hydrogen-bond donors (Lipinski definition) is 1. The van der Waals surface area contributed by atoms with Crippen molar-refractivity contribution in [2.75, 3.05) is 26.2 Å². The van der Waals surface area contributed by atoms with Crippen molar-refractivity contribution in [2.24, 2.45) is 0 Å². The third kappa shape index (κ3) is 3.52. The fourth-order valence-corrected chi connectivity index (χ4v) is 2.12. The van der Waals surface area contributed by atoms with Crippen molar-refractivity contribution < 1.29 is 4.39 Å². The van der Waals surface area contributed by atoms with Gasteiger partial charge in [-0.2, -0.15) is 5.26 Å². The third-order valence-corrected chi connectivity index (χ3v) is 2.93. The van der Waals surface area contributed by atoms with Crippen LogP contribution in [-0.2, 0) is 6.54 Å². The molecule has 3 nitrogen and oxygen atoms in total. The first kappa shape index (κ1) is 12.0. The van der Waals surface area contributed by atoms with Crippen LogP contribution in [-0.4, -0.2) is 31.1 Å². The molecule has 0 radical (unpaired) electrons. The molecule has 1 aliphatic rings. The highest BCUT2D eigenvalue weighted by molar-refractivity contribution is 5.33. The maximum atomic E-state index is 13.3. The Morgan fingerprint density at radius 2 is 2.18 bits per heavy atom. The highest BCUT2D eigenvalue weighted by atomic mass is 19.1. The van der Waals surface area contributed by atoms with E-state index in [-0.39, 0.29) is 5.82 Å².